The molecule has 0 amide bonds. The number of hydrogen-bond acceptors (Lipinski definition) is 5. The molecule has 1 aliphatic carbocycles. The Balaban J connectivity index is 1.94. The minimum absolute atomic E-state index is 0.0135. The van der Waals surface area contributed by atoms with Crippen LogP contribution in [0.2, 0.25) is 5.02 Å². The number of nitrogens with one attached hydrogen (secondary N) is 1. The Bertz CT molecular complexity index is 1190. The van der Waals surface area contributed by atoms with Crippen molar-refractivity contribution in [1.82, 2.24) is 0 Å². The fraction of sp³-hybridized carbons (Fsp3) is 0.286. The molecule has 3 atom stereocenters. The van der Waals surface area contributed by atoms with Gasteiger partial charge in [0.2, 0.25) is 0 Å². The van der Waals surface area contributed by atoms with Gasteiger partial charge in [-0.25, -0.2) is 4.79 Å². The number of hydrogen-bond donors (Lipinski definition) is 3. The summed E-state index contributed by atoms with van der Waals surface area (Å²) in [6, 6.07) is 6.95. The number of anilines is 1. The van der Waals surface area contributed by atoms with Gasteiger partial charge >= 0.3 is 11.8 Å². The molecule has 3 aromatic rings. The van der Waals surface area contributed by atoms with Gasteiger partial charge < -0.3 is 19.9 Å². The summed E-state index contributed by atoms with van der Waals surface area (Å²) in [7, 11) is 0. The van der Waals surface area contributed by atoms with E-state index < -0.39 is 35.8 Å². The number of phenols is 1. The third-order valence-corrected chi connectivity index (χ3v) is 5.93. The lowest BCUT2D eigenvalue weighted by Gasteiger charge is -2.45. The van der Waals surface area contributed by atoms with E-state index in [1.807, 2.05) is 0 Å². The first-order valence-electron chi connectivity index (χ1n) is 9.12. The predicted molar refractivity (Wildman–Crippen MR) is 106 cm³/mol. The maximum absolute atomic E-state index is 14.1. The minimum Gasteiger partial charge on any atom is -0.506 e. The number of aliphatic hydroxyl groups is 1. The average Bonchev–Trinajstić information content (AvgIpc) is 2.67. The fourth-order valence-electron chi connectivity index (χ4n) is 4.22. The van der Waals surface area contributed by atoms with E-state index in [1.54, 1.807) is 0 Å². The molecule has 0 unspecified atom stereocenters. The molecule has 0 radical (unpaired) electrons. The van der Waals surface area contributed by atoms with Crippen LogP contribution in [0.1, 0.15) is 36.4 Å². The van der Waals surface area contributed by atoms with Gasteiger partial charge in [0.15, 0.2) is 5.60 Å². The van der Waals surface area contributed by atoms with Crippen LogP contribution in [0.3, 0.4) is 0 Å². The highest BCUT2D eigenvalue weighted by Crippen LogP contribution is 2.55. The van der Waals surface area contributed by atoms with E-state index in [4.69, 9.17) is 16.0 Å². The molecular weight excluding hydrogens is 423 g/mol. The molecule has 1 aromatic heterocycles. The molecule has 0 aliphatic heterocycles. The summed E-state index contributed by atoms with van der Waals surface area (Å²) in [4.78, 5) is 12.0. The number of phenolic OH excluding ortho intramolecular Hbond substituents is 1. The van der Waals surface area contributed by atoms with E-state index in [1.165, 1.54) is 43.3 Å². The summed E-state index contributed by atoms with van der Waals surface area (Å²) in [5.41, 5.74) is -3.22. The number of benzene rings is 2. The second kappa shape index (κ2) is 6.92. The van der Waals surface area contributed by atoms with Crippen LogP contribution in [0.25, 0.3) is 10.8 Å². The lowest BCUT2D eigenvalue weighted by molar-refractivity contribution is -0.272. The molecule has 0 saturated carbocycles. The molecule has 4 rings (SSSR count). The Hall–Kier alpha value is -2.71. The van der Waals surface area contributed by atoms with Gasteiger partial charge in [-0.1, -0.05) is 30.7 Å². The zero-order valence-electron chi connectivity index (χ0n) is 15.6. The van der Waals surface area contributed by atoms with Gasteiger partial charge in [0.1, 0.15) is 5.75 Å². The summed E-state index contributed by atoms with van der Waals surface area (Å²) < 4.78 is 47.0. The Morgan fingerprint density at radius 2 is 1.93 bits per heavy atom. The molecule has 0 fully saturated rings. The Morgan fingerprint density at radius 1 is 1.20 bits per heavy atom. The fourth-order valence-corrected chi connectivity index (χ4v) is 4.38. The van der Waals surface area contributed by atoms with Crippen molar-refractivity contribution in [2.24, 2.45) is 0 Å². The molecule has 158 valence electrons. The van der Waals surface area contributed by atoms with Gasteiger partial charge in [-0.2, -0.15) is 13.2 Å². The molecule has 0 bridgehead atoms. The van der Waals surface area contributed by atoms with Gasteiger partial charge in [-0.3, -0.25) is 0 Å². The first kappa shape index (κ1) is 20.6. The Morgan fingerprint density at radius 3 is 2.63 bits per heavy atom. The molecular formula is C21H17ClF3NO4. The zero-order valence-corrected chi connectivity index (χ0v) is 16.4. The van der Waals surface area contributed by atoms with Gasteiger partial charge in [-0.15, -0.1) is 0 Å². The second-order valence-electron chi connectivity index (χ2n) is 7.48. The molecule has 2 aromatic carbocycles. The number of alkyl halides is 3. The van der Waals surface area contributed by atoms with Crippen molar-refractivity contribution in [3.8, 4) is 5.75 Å². The van der Waals surface area contributed by atoms with Gasteiger partial charge in [0.25, 0.3) is 0 Å². The number of fused-ring (bicyclic) bond motifs is 2. The van der Waals surface area contributed by atoms with Crippen molar-refractivity contribution in [2.75, 3.05) is 5.32 Å². The van der Waals surface area contributed by atoms with Crippen molar-refractivity contribution >= 4 is 28.1 Å². The van der Waals surface area contributed by atoms with Gasteiger partial charge in [-0.05, 0) is 42.2 Å². The molecule has 9 heteroatoms. The van der Waals surface area contributed by atoms with Crippen molar-refractivity contribution < 1.29 is 27.8 Å². The predicted octanol–water partition coefficient (Wildman–Crippen LogP) is 5.11. The van der Waals surface area contributed by atoms with Crippen molar-refractivity contribution in [3.63, 3.8) is 0 Å². The number of rotatable bonds is 2. The van der Waals surface area contributed by atoms with Crippen molar-refractivity contribution in [2.45, 2.75) is 37.1 Å². The van der Waals surface area contributed by atoms with E-state index in [-0.39, 0.29) is 33.0 Å². The average molecular weight is 440 g/mol. The number of halogens is 4. The van der Waals surface area contributed by atoms with Crippen LogP contribution in [0, 0.1) is 0 Å². The van der Waals surface area contributed by atoms with E-state index in [2.05, 4.69) is 5.32 Å². The van der Waals surface area contributed by atoms with E-state index >= 15 is 0 Å². The summed E-state index contributed by atoms with van der Waals surface area (Å²) in [6.45, 7) is 1.49. The van der Waals surface area contributed by atoms with Crippen LogP contribution >= 0.6 is 11.6 Å². The van der Waals surface area contributed by atoms with Crippen LogP contribution in [0.5, 0.6) is 5.75 Å². The maximum Gasteiger partial charge on any atom is 0.419 e. The summed E-state index contributed by atoms with van der Waals surface area (Å²) in [6.07, 6.45) is -4.49. The maximum atomic E-state index is 14.1. The SMILES string of the molecule is C[C@@H]1C[C@@](O)(C(F)(F)F)[C@H](Nc2cccc3c(=O)occc23)c2ccc(Cl)c(O)c21. The second-order valence-corrected chi connectivity index (χ2v) is 7.89. The highest BCUT2D eigenvalue weighted by molar-refractivity contribution is 6.32. The zero-order chi connectivity index (χ0) is 21.8. The quantitative estimate of drug-likeness (QED) is 0.517. The summed E-state index contributed by atoms with van der Waals surface area (Å²) in [5, 5.41) is 24.6. The summed E-state index contributed by atoms with van der Waals surface area (Å²) in [5.74, 6) is -1.11. The third-order valence-electron chi connectivity index (χ3n) is 5.63. The van der Waals surface area contributed by atoms with Crippen LogP contribution in [0.15, 0.2) is 51.9 Å². The standard InChI is InChI=1S/C21H17ClF3NO4/c1-10-9-20(29,21(23,24)25)18(13-5-6-14(22)17(27)16(10)13)26-15-4-2-3-12-11(15)7-8-30-19(12)28/h2-8,10,18,26-27,29H,9H2,1H3/t10-,18-,20+/m1/s1. The third kappa shape index (κ3) is 3.02. The molecule has 1 heterocycles. The lowest BCUT2D eigenvalue weighted by atomic mass is 9.70. The molecule has 5 nitrogen and oxygen atoms in total. The molecule has 3 N–H and O–H groups in total. The normalized spacial score (nSPS) is 23.9. The largest absolute Gasteiger partial charge is 0.506 e. The Kier molecular flexibility index (Phi) is 4.74. The van der Waals surface area contributed by atoms with E-state index in [0.29, 0.717) is 5.39 Å². The first-order valence-corrected chi connectivity index (χ1v) is 9.50. The molecule has 0 spiro atoms. The van der Waals surface area contributed by atoms with Crippen LogP contribution in [0.4, 0.5) is 18.9 Å². The van der Waals surface area contributed by atoms with Gasteiger partial charge in [0.05, 0.1) is 22.7 Å². The van der Waals surface area contributed by atoms with Crippen LogP contribution < -0.4 is 10.9 Å². The van der Waals surface area contributed by atoms with Crippen molar-refractivity contribution in [1.29, 1.82) is 0 Å². The van der Waals surface area contributed by atoms with E-state index in [9.17, 15) is 28.2 Å². The molecule has 0 saturated heterocycles. The number of aromatic hydroxyl groups is 1. The van der Waals surface area contributed by atoms with Crippen LogP contribution in [-0.2, 0) is 0 Å². The minimum atomic E-state index is -4.96. The van der Waals surface area contributed by atoms with Gasteiger partial charge in [0, 0.05) is 16.6 Å². The lowest BCUT2D eigenvalue weighted by Crippen LogP contribution is -2.55. The Labute approximate surface area is 173 Å². The monoisotopic (exact) mass is 439 g/mol. The van der Waals surface area contributed by atoms with Crippen LogP contribution in [-0.4, -0.2) is 22.0 Å². The summed E-state index contributed by atoms with van der Waals surface area (Å²) >= 11 is 5.98. The molecule has 30 heavy (non-hydrogen) atoms. The van der Waals surface area contributed by atoms with E-state index in [0.717, 1.165) is 6.26 Å². The first-order chi connectivity index (χ1) is 14.0. The smallest absolute Gasteiger partial charge is 0.419 e. The van der Waals surface area contributed by atoms with Crippen molar-refractivity contribution in [3.05, 3.63) is 69.2 Å². The highest BCUT2D eigenvalue weighted by Gasteiger charge is 2.62. The highest BCUT2D eigenvalue weighted by atomic mass is 35.5. The molecule has 1 aliphatic rings. The topological polar surface area (TPSA) is 82.7 Å².